The Kier molecular flexibility index (Phi) is 3.15. The van der Waals surface area contributed by atoms with Gasteiger partial charge in [-0.05, 0) is 56.6 Å². The zero-order chi connectivity index (χ0) is 19.2. The third-order valence-corrected chi connectivity index (χ3v) is 7.08. The monoisotopic (exact) mass is 412 g/mol. The molecule has 0 aliphatic rings. The SMILES string of the molecule is Fc1sc2cc3c(ccc4c5cc6sc(F)c(F)c6cc5ccc34)cc2c1F. The van der Waals surface area contributed by atoms with Crippen molar-refractivity contribution < 1.29 is 17.6 Å². The van der Waals surface area contributed by atoms with E-state index in [1.54, 1.807) is 24.3 Å². The molecule has 0 radical (unpaired) electrons. The lowest BCUT2D eigenvalue weighted by Gasteiger charge is -2.08. The van der Waals surface area contributed by atoms with Gasteiger partial charge in [-0.1, -0.05) is 24.3 Å². The molecular formula is C22H8F4S2. The smallest absolute Gasteiger partial charge is 0.202 e. The molecule has 4 aromatic carbocycles. The van der Waals surface area contributed by atoms with Gasteiger partial charge < -0.3 is 0 Å². The third-order valence-electron chi connectivity index (χ3n) is 5.25. The molecule has 0 bridgehead atoms. The van der Waals surface area contributed by atoms with Crippen molar-refractivity contribution in [1.82, 2.24) is 0 Å². The predicted molar refractivity (Wildman–Crippen MR) is 110 cm³/mol. The number of halogens is 4. The van der Waals surface area contributed by atoms with Gasteiger partial charge in [0.15, 0.2) is 11.6 Å². The minimum Gasteiger partial charge on any atom is -0.202 e. The number of benzene rings is 4. The highest BCUT2D eigenvalue weighted by molar-refractivity contribution is 7.18. The normalized spacial score (nSPS) is 12.3. The molecule has 2 heterocycles. The van der Waals surface area contributed by atoms with Crippen LogP contribution in [0.4, 0.5) is 17.6 Å². The highest BCUT2D eigenvalue weighted by atomic mass is 32.1. The van der Waals surface area contributed by atoms with E-state index < -0.39 is 21.9 Å². The van der Waals surface area contributed by atoms with Crippen molar-refractivity contribution in [3.05, 3.63) is 70.4 Å². The van der Waals surface area contributed by atoms with Crippen LogP contribution in [-0.4, -0.2) is 0 Å². The molecule has 6 heteroatoms. The fourth-order valence-electron chi connectivity index (χ4n) is 3.94. The Hall–Kier alpha value is -2.70. The van der Waals surface area contributed by atoms with Crippen molar-refractivity contribution in [2.24, 2.45) is 0 Å². The molecule has 0 fully saturated rings. The lowest BCUT2D eigenvalue weighted by Crippen LogP contribution is -1.82. The van der Waals surface area contributed by atoms with E-state index in [4.69, 9.17) is 0 Å². The molecule has 6 aromatic rings. The standard InChI is InChI=1S/C22H8F4S2/c23-19-15-5-9-1-3-11-12(13(9)7-17(15)27-21(19)25)4-2-10-6-16-18(8-14(10)11)28-22(26)20(16)24/h1-8H. The molecule has 0 unspecified atom stereocenters. The fourth-order valence-corrected chi connectivity index (χ4v) is 5.59. The molecule has 0 nitrogen and oxygen atoms in total. The van der Waals surface area contributed by atoms with E-state index in [2.05, 4.69) is 0 Å². The van der Waals surface area contributed by atoms with E-state index in [1.807, 2.05) is 24.3 Å². The van der Waals surface area contributed by atoms with Crippen LogP contribution in [0.5, 0.6) is 0 Å². The van der Waals surface area contributed by atoms with Gasteiger partial charge in [0, 0.05) is 20.2 Å². The number of hydrogen-bond acceptors (Lipinski definition) is 2. The summed E-state index contributed by atoms with van der Waals surface area (Å²) in [6.07, 6.45) is 0. The van der Waals surface area contributed by atoms with Gasteiger partial charge in [-0.2, -0.15) is 8.78 Å². The van der Waals surface area contributed by atoms with Gasteiger partial charge in [0.1, 0.15) is 0 Å². The molecule has 28 heavy (non-hydrogen) atoms. The summed E-state index contributed by atoms with van der Waals surface area (Å²) >= 11 is 1.58. The van der Waals surface area contributed by atoms with Gasteiger partial charge in [0.2, 0.25) is 10.3 Å². The average Bonchev–Trinajstić information content (AvgIpc) is 3.13. The zero-order valence-corrected chi connectivity index (χ0v) is 15.6. The van der Waals surface area contributed by atoms with Gasteiger partial charge in [-0.15, -0.1) is 22.7 Å². The van der Waals surface area contributed by atoms with E-state index in [0.29, 0.717) is 9.40 Å². The second-order valence-corrected chi connectivity index (χ2v) is 8.75. The highest BCUT2D eigenvalue weighted by Crippen LogP contribution is 2.39. The lowest BCUT2D eigenvalue weighted by atomic mass is 9.96. The van der Waals surface area contributed by atoms with Crippen molar-refractivity contribution in [1.29, 1.82) is 0 Å². The number of thiophene rings is 2. The zero-order valence-electron chi connectivity index (χ0n) is 13.9. The van der Waals surface area contributed by atoms with Gasteiger partial charge >= 0.3 is 0 Å². The van der Waals surface area contributed by atoms with Crippen molar-refractivity contribution in [3.8, 4) is 0 Å². The second kappa shape index (κ2) is 5.43. The third kappa shape index (κ3) is 2.04. The largest absolute Gasteiger partial charge is 0.213 e. The van der Waals surface area contributed by atoms with E-state index >= 15 is 0 Å². The molecule has 0 aliphatic heterocycles. The summed E-state index contributed by atoms with van der Waals surface area (Å²) in [6.45, 7) is 0. The van der Waals surface area contributed by atoms with Crippen LogP contribution >= 0.6 is 22.7 Å². The Morgan fingerprint density at radius 3 is 1.32 bits per heavy atom. The van der Waals surface area contributed by atoms with Crippen molar-refractivity contribution >= 4 is 75.2 Å². The van der Waals surface area contributed by atoms with Crippen molar-refractivity contribution in [3.63, 3.8) is 0 Å². The predicted octanol–water partition coefficient (Wildman–Crippen LogP) is 8.13. The first-order valence-corrected chi connectivity index (χ1v) is 10.1. The molecule has 0 saturated carbocycles. The highest BCUT2D eigenvalue weighted by Gasteiger charge is 2.16. The van der Waals surface area contributed by atoms with E-state index in [-0.39, 0.29) is 10.8 Å². The van der Waals surface area contributed by atoms with Crippen LogP contribution < -0.4 is 0 Å². The Labute approximate surface area is 163 Å². The molecule has 0 saturated heterocycles. The summed E-state index contributed by atoms with van der Waals surface area (Å²) in [6, 6.07) is 14.5. The van der Waals surface area contributed by atoms with Gasteiger partial charge in [-0.25, -0.2) is 8.78 Å². The van der Waals surface area contributed by atoms with Crippen LogP contribution in [-0.2, 0) is 0 Å². The molecule has 2 aromatic heterocycles. The molecular weight excluding hydrogens is 404 g/mol. The first kappa shape index (κ1) is 16.3. The van der Waals surface area contributed by atoms with E-state index in [1.165, 1.54) is 0 Å². The van der Waals surface area contributed by atoms with Crippen LogP contribution in [0.25, 0.3) is 52.5 Å². The van der Waals surface area contributed by atoms with Gasteiger partial charge in [0.05, 0.1) is 0 Å². The summed E-state index contributed by atoms with van der Waals surface area (Å²) < 4.78 is 56.4. The topological polar surface area (TPSA) is 0 Å². The average molecular weight is 412 g/mol. The number of hydrogen-bond donors (Lipinski definition) is 0. The summed E-state index contributed by atoms with van der Waals surface area (Å²) in [5.74, 6) is -1.63. The summed E-state index contributed by atoms with van der Waals surface area (Å²) in [7, 11) is 0. The molecule has 0 amide bonds. The van der Waals surface area contributed by atoms with E-state index in [9.17, 15) is 17.6 Å². The summed E-state index contributed by atoms with van der Waals surface area (Å²) in [5, 5.41) is 4.18. The van der Waals surface area contributed by atoms with Crippen LogP contribution in [0, 0.1) is 21.9 Å². The van der Waals surface area contributed by atoms with Crippen LogP contribution in [0.1, 0.15) is 0 Å². The minimum atomic E-state index is -0.816. The molecule has 0 atom stereocenters. The Balaban J connectivity index is 1.77. The lowest BCUT2D eigenvalue weighted by molar-refractivity contribution is 0.538. The van der Waals surface area contributed by atoms with Gasteiger partial charge in [-0.3, -0.25) is 0 Å². The molecule has 6 rings (SSSR count). The molecule has 0 aliphatic carbocycles. The number of rotatable bonds is 0. The Morgan fingerprint density at radius 2 is 0.893 bits per heavy atom. The first-order chi connectivity index (χ1) is 13.5. The first-order valence-electron chi connectivity index (χ1n) is 8.45. The Bertz CT molecular complexity index is 1490. The molecule has 0 N–H and O–H groups in total. The maximum atomic E-state index is 14.0. The molecule has 136 valence electrons. The maximum absolute atomic E-state index is 14.0. The van der Waals surface area contributed by atoms with Crippen molar-refractivity contribution in [2.75, 3.05) is 0 Å². The fraction of sp³-hybridized carbons (Fsp3) is 0. The summed E-state index contributed by atoms with van der Waals surface area (Å²) in [5.41, 5.74) is 0. The quantitative estimate of drug-likeness (QED) is 0.174. The van der Waals surface area contributed by atoms with Crippen LogP contribution in [0.15, 0.2) is 48.5 Å². The van der Waals surface area contributed by atoms with Crippen LogP contribution in [0.2, 0.25) is 0 Å². The van der Waals surface area contributed by atoms with Crippen molar-refractivity contribution in [2.45, 2.75) is 0 Å². The number of fused-ring (bicyclic) bond motifs is 7. The minimum absolute atomic E-state index is 0.279. The second-order valence-electron chi connectivity index (χ2n) is 6.74. The maximum Gasteiger partial charge on any atom is 0.213 e. The van der Waals surface area contributed by atoms with Crippen LogP contribution in [0.3, 0.4) is 0 Å². The Morgan fingerprint density at radius 1 is 0.464 bits per heavy atom. The van der Waals surface area contributed by atoms with Gasteiger partial charge in [0.25, 0.3) is 0 Å². The molecule has 0 spiro atoms. The van der Waals surface area contributed by atoms with E-state index in [0.717, 1.165) is 55.0 Å². The summed E-state index contributed by atoms with van der Waals surface area (Å²) in [4.78, 5) is 0.